The van der Waals surface area contributed by atoms with E-state index in [1.54, 1.807) is 0 Å². The number of amides is 1. The molecule has 1 amide bonds. The molecule has 2 aliphatic rings. The number of hydrogen-bond donors (Lipinski definition) is 2. The van der Waals surface area contributed by atoms with Gasteiger partial charge < -0.3 is 10.8 Å². The first kappa shape index (κ1) is 13.8. The molecule has 2 saturated heterocycles. The molecule has 6 nitrogen and oxygen atoms in total. The highest BCUT2D eigenvalue weighted by Crippen LogP contribution is 2.28. The lowest BCUT2D eigenvalue weighted by Crippen LogP contribution is -2.54. The summed E-state index contributed by atoms with van der Waals surface area (Å²) in [7, 11) is -3.16. The predicted molar refractivity (Wildman–Crippen MR) is 66.5 cm³/mol. The van der Waals surface area contributed by atoms with Crippen molar-refractivity contribution in [3.63, 3.8) is 0 Å². The van der Waals surface area contributed by atoms with Gasteiger partial charge in [-0.2, -0.15) is 0 Å². The third kappa shape index (κ3) is 2.67. The fraction of sp³-hybridized carbons (Fsp3) is 0.909. The van der Waals surface area contributed by atoms with Crippen LogP contribution in [0.5, 0.6) is 0 Å². The number of carbonyl (C=O) groups is 1. The molecule has 18 heavy (non-hydrogen) atoms. The second-order valence-electron chi connectivity index (χ2n) is 5.43. The minimum atomic E-state index is -3.16. The maximum atomic E-state index is 11.5. The maximum Gasteiger partial charge on any atom is 0.221 e. The number of nitrogens with zero attached hydrogens (tertiary/aromatic N) is 1. The summed E-state index contributed by atoms with van der Waals surface area (Å²) >= 11 is 0. The van der Waals surface area contributed by atoms with Gasteiger partial charge in [0.05, 0.1) is 29.6 Å². The van der Waals surface area contributed by atoms with Crippen LogP contribution >= 0.6 is 0 Å². The molecule has 0 aliphatic carbocycles. The van der Waals surface area contributed by atoms with Crippen molar-refractivity contribution in [3.8, 4) is 0 Å². The van der Waals surface area contributed by atoms with E-state index in [1.165, 1.54) is 0 Å². The molecule has 0 aromatic rings. The van der Waals surface area contributed by atoms with E-state index in [2.05, 4.69) is 0 Å². The van der Waals surface area contributed by atoms with Gasteiger partial charge in [0.2, 0.25) is 5.91 Å². The Bertz CT molecular complexity index is 436. The molecule has 0 spiro atoms. The third-order valence-corrected chi connectivity index (χ3v) is 5.75. The molecule has 104 valence electrons. The van der Waals surface area contributed by atoms with Crippen LogP contribution < -0.4 is 5.73 Å². The lowest BCUT2D eigenvalue weighted by atomic mass is 9.91. The lowest BCUT2D eigenvalue weighted by molar-refractivity contribution is -0.124. The van der Waals surface area contributed by atoms with E-state index < -0.39 is 22.0 Å². The number of hydrogen-bond acceptors (Lipinski definition) is 5. The molecule has 0 radical (unpaired) electrons. The highest BCUT2D eigenvalue weighted by molar-refractivity contribution is 7.91. The van der Waals surface area contributed by atoms with Gasteiger partial charge in [-0.3, -0.25) is 9.69 Å². The van der Waals surface area contributed by atoms with E-state index in [0.29, 0.717) is 6.54 Å². The summed E-state index contributed by atoms with van der Waals surface area (Å²) in [5.41, 5.74) is 5.32. The Hall–Kier alpha value is -0.660. The van der Waals surface area contributed by atoms with Crippen LogP contribution in [-0.2, 0) is 14.6 Å². The quantitative estimate of drug-likeness (QED) is 0.655. The standard InChI is InChI=1S/C11H20N2O4S/c1-7-2-3-8(11(12)15)4-13(7)9-5-18(16,17)6-10(9)14/h7-10,14H,2-6H2,1H3,(H2,12,15). The average Bonchev–Trinajstić information content (AvgIpc) is 2.52. The van der Waals surface area contributed by atoms with Gasteiger partial charge in [-0.1, -0.05) is 0 Å². The van der Waals surface area contributed by atoms with Gasteiger partial charge in [0, 0.05) is 12.6 Å². The molecule has 0 aromatic heterocycles. The van der Waals surface area contributed by atoms with Gasteiger partial charge in [-0.25, -0.2) is 8.42 Å². The number of sulfone groups is 1. The van der Waals surface area contributed by atoms with Gasteiger partial charge in [0.1, 0.15) is 0 Å². The van der Waals surface area contributed by atoms with Crippen LogP contribution in [0.25, 0.3) is 0 Å². The number of carbonyl (C=O) groups excluding carboxylic acids is 1. The highest BCUT2D eigenvalue weighted by Gasteiger charge is 2.43. The van der Waals surface area contributed by atoms with Crippen LogP contribution in [0.15, 0.2) is 0 Å². The van der Waals surface area contributed by atoms with E-state index in [4.69, 9.17) is 5.73 Å². The largest absolute Gasteiger partial charge is 0.390 e. The first-order valence-electron chi connectivity index (χ1n) is 6.23. The van der Waals surface area contributed by atoms with E-state index >= 15 is 0 Å². The normalized spacial score (nSPS) is 40.8. The fourth-order valence-corrected chi connectivity index (χ4v) is 4.77. The Labute approximate surface area is 107 Å². The summed E-state index contributed by atoms with van der Waals surface area (Å²) in [5, 5.41) is 9.88. The van der Waals surface area contributed by atoms with Gasteiger partial charge in [0.15, 0.2) is 9.84 Å². The van der Waals surface area contributed by atoms with Gasteiger partial charge in [0.25, 0.3) is 0 Å². The minimum absolute atomic E-state index is 0.0238. The van der Waals surface area contributed by atoms with Crippen LogP contribution in [0.2, 0.25) is 0 Å². The van der Waals surface area contributed by atoms with Gasteiger partial charge >= 0.3 is 0 Å². The molecule has 7 heteroatoms. The van der Waals surface area contributed by atoms with Crippen LogP contribution in [0, 0.1) is 5.92 Å². The molecular formula is C11H20N2O4S. The molecule has 2 rings (SSSR count). The van der Waals surface area contributed by atoms with Crippen LogP contribution in [-0.4, -0.2) is 60.6 Å². The number of aliphatic hydroxyl groups is 1. The van der Waals surface area contributed by atoms with Crippen molar-refractivity contribution in [3.05, 3.63) is 0 Å². The van der Waals surface area contributed by atoms with Crippen LogP contribution in [0.1, 0.15) is 19.8 Å². The molecule has 2 heterocycles. The number of nitrogens with two attached hydrogens (primary N) is 1. The van der Waals surface area contributed by atoms with E-state index in [9.17, 15) is 18.3 Å². The molecule has 4 unspecified atom stereocenters. The number of piperidine rings is 1. The van der Waals surface area contributed by atoms with Crippen LogP contribution in [0.4, 0.5) is 0 Å². The first-order chi connectivity index (χ1) is 8.30. The van der Waals surface area contributed by atoms with Crippen molar-refractivity contribution in [2.75, 3.05) is 18.1 Å². The molecule has 0 aromatic carbocycles. The smallest absolute Gasteiger partial charge is 0.221 e. The molecule has 2 fully saturated rings. The summed E-state index contributed by atoms with van der Waals surface area (Å²) in [5.74, 6) is -0.787. The Morgan fingerprint density at radius 3 is 2.50 bits per heavy atom. The Morgan fingerprint density at radius 1 is 1.33 bits per heavy atom. The number of rotatable bonds is 2. The minimum Gasteiger partial charge on any atom is -0.390 e. The van der Waals surface area contributed by atoms with E-state index in [0.717, 1.165) is 12.8 Å². The first-order valence-corrected chi connectivity index (χ1v) is 8.06. The molecule has 3 N–H and O–H groups in total. The summed E-state index contributed by atoms with van der Waals surface area (Å²) in [6.45, 7) is 2.45. The van der Waals surface area contributed by atoms with Crippen molar-refractivity contribution >= 4 is 15.7 Å². The predicted octanol–water partition coefficient (Wildman–Crippen LogP) is -1.27. The van der Waals surface area contributed by atoms with E-state index in [-0.39, 0.29) is 29.4 Å². The molecule has 0 bridgehead atoms. The Morgan fingerprint density at radius 2 is 2.00 bits per heavy atom. The van der Waals surface area contributed by atoms with Crippen LogP contribution in [0.3, 0.4) is 0 Å². The summed E-state index contributed by atoms with van der Waals surface area (Å²) < 4.78 is 23.1. The average molecular weight is 276 g/mol. The second-order valence-corrected chi connectivity index (χ2v) is 7.59. The second kappa shape index (κ2) is 4.79. The number of aliphatic hydroxyl groups excluding tert-OH is 1. The van der Waals surface area contributed by atoms with Crippen molar-refractivity contribution in [2.45, 2.75) is 38.0 Å². The molecular weight excluding hydrogens is 256 g/mol. The fourth-order valence-electron chi connectivity index (χ4n) is 2.96. The Kier molecular flexibility index (Phi) is 3.66. The molecule has 2 aliphatic heterocycles. The summed E-state index contributed by atoms with van der Waals surface area (Å²) in [6.07, 6.45) is 0.684. The van der Waals surface area contributed by atoms with E-state index in [1.807, 2.05) is 11.8 Å². The SMILES string of the molecule is CC1CCC(C(N)=O)CN1C1CS(=O)(=O)CC1O. The van der Waals surface area contributed by atoms with Crippen molar-refractivity contribution in [2.24, 2.45) is 11.7 Å². The highest BCUT2D eigenvalue weighted by atomic mass is 32.2. The molecule has 0 saturated carbocycles. The van der Waals surface area contributed by atoms with Gasteiger partial charge in [-0.05, 0) is 19.8 Å². The van der Waals surface area contributed by atoms with Crippen molar-refractivity contribution in [1.29, 1.82) is 0 Å². The third-order valence-electron chi connectivity index (χ3n) is 4.05. The van der Waals surface area contributed by atoms with Crippen molar-refractivity contribution in [1.82, 2.24) is 4.90 Å². The monoisotopic (exact) mass is 276 g/mol. The zero-order chi connectivity index (χ0) is 13.5. The topological polar surface area (TPSA) is 101 Å². The Balaban J connectivity index is 2.13. The maximum absolute atomic E-state index is 11.5. The summed E-state index contributed by atoms with van der Waals surface area (Å²) in [6, 6.07) is -0.222. The van der Waals surface area contributed by atoms with Gasteiger partial charge in [-0.15, -0.1) is 0 Å². The number of likely N-dealkylation sites (tertiary alicyclic amines) is 1. The molecule has 4 atom stereocenters. The lowest BCUT2D eigenvalue weighted by Gasteiger charge is -2.41. The number of primary amides is 1. The van der Waals surface area contributed by atoms with Crippen molar-refractivity contribution < 1.29 is 18.3 Å². The summed E-state index contributed by atoms with van der Waals surface area (Å²) in [4.78, 5) is 13.2. The zero-order valence-corrected chi connectivity index (χ0v) is 11.3. The zero-order valence-electron chi connectivity index (χ0n) is 10.4.